The molecule has 0 aliphatic heterocycles. The van der Waals surface area contributed by atoms with E-state index >= 15 is 0 Å². The molecule has 0 saturated heterocycles. The molecule has 1 nitrogen and oxygen atoms in total. The number of fused-ring (bicyclic) bond motifs is 10. The summed E-state index contributed by atoms with van der Waals surface area (Å²) in [6.45, 7) is 4.06. The summed E-state index contributed by atoms with van der Waals surface area (Å²) in [6, 6.07) is 64.2. The Morgan fingerprint density at radius 3 is 1.84 bits per heavy atom. The Kier molecular flexibility index (Phi) is 7.08. The Balaban J connectivity index is 0.972. The maximum Gasteiger partial charge on any atom is 0.135 e. The molecule has 1 heteroatoms. The normalized spacial score (nSPS) is 12.0. The van der Waals surface area contributed by atoms with Crippen molar-refractivity contribution in [1.29, 1.82) is 0 Å². The quantitative estimate of drug-likeness (QED) is 0.163. The van der Waals surface area contributed by atoms with Crippen LogP contribution in [-0.2, 0) is 0 Å². The lowest BCUT2D eigenvalue weighted by Gasteiger charge is -2.15. The highest BCUT2D eigenvalue weighted by Gasteiger charge is 2.15. The average molecular weight is 699 g/mol. The standard InChI is InChI=1S/C54H34O/c1-2-51-47(50-32-42(26-28-52(50)55-51)41-22-18-35-9-3-4-11-38(35)30-41)27-16-34-15-17-40-31-43(24-23-39(40)29-34)49-33-44-25-21-37-20-19-36-10-5-6-12-45(36)53(37)54(44)48-14-8-7-13-46(48)49/h2-33H,1H2. The highest BCUT2D eigenvalue weighted by Crippen LogP contribution is 2.41. The van der Waals surface area contributed by atoms with Crippen LogP contribution in [0.3, 0.4) is 0 Å². The number of rotatable bonds is 5. The SMILES string of the molecule is C=Cc1oc2ccc(-c3ccc4ccccc4c3)cc2c1C=Cc1ccc2cc(-c3cc4ccc5ccc6ccccc6c5c4c4ccccc34)ccc2c1. The van der Waals surface area contributed by atoms with Gasteiger partial charge in [0.15, 0.2) is 0 Å². The van der Waals surface area contributed by atoms with Gasteiger partial charge in [0.05, 0.1) is 0 Å². The first kappa shape index (κ1) is 31.3. The van der Waals surface area contributed by atoms with Crippen molar-refractivity contribution >= 4 is 93.8 Å². The van der Waals surface area contributed by atoms with Gasteiger partial charge < -0.3 is 4.42 Å². The van der Waals surface area contributed by atoms with Crippen LogP contribution in [-0.4, -0.2) is 0 Å². The van der Waals surface area contributed by atoms with Crippen molar-refractivity contribution in [1.82, 2.24) is 0 Å². The molecule has 0 radical (unpaired) electrons. The van der Waals surface area contributed by atoms with Crippen molar-refractivity contribution in [2.24, 2.45) is 0 Å². The molecular formula is C54H34O. The summed E-state index contributed by atoms with van der Waals surface area (Å²) in [6.07, 6.45) is 6.15. The monoisotopic (exact) mass is 698 g/mol. The molecule has 256 valence electrons. The summed E-state index contributed by atoms with van der Waals surface area (Å²) in [7, 11) is 0. The second-order valence-electron chi connectivity index (χ2n) is 14.5. The molecule has 1 heterocycles. The van der Waals surface area contributed by atoms with E-state index in [1.54, 1.807) is 6.08 Å². The Morgan fingerprint density at radius 1 is 0.382 bits per heavy atom. The van der Waals surface area contributed by atoms with Gasteiger partial charge >= 0.3 is 0 Å². The maximum atomic E-state index is 6.25. The summed E-state index contributed by atoms with van der Waals surface area (Å²) in [5.74, 6) is 0.774. The molecule has 0 bridgehead atoms. The zero-order chi connectivity index (χ0) is 36.5. The summed E-state index contributed by atoms with van der Waals surface area (Å²) in [5.41, 5.74) is 7.83. The molecule has 11 rings (SSSR count). The third kappa shape index (κ3) is 5.16. The molecule has 55 heavy (non-hydrogen) atoms. The van der Waals surface area contributed by atoms with Crippen LogP contribution in [0.2, 0.25) is 0 Å². The van der Waals surface area contributed by atoms with Crippen LogP contribution in [0.4, 0.5) is 0 Å². The van der Waals surface area contributed by atoms with E-state index in [9.17, 15) is 0 Å². The van der Waals surface area contributed by atoms with Gasteiger partial charge in [0.2, 0.25) is 0 Å². The van der Waals surface area contributed by atoms with Crippen LogP contribution in [0.5, 0.6) is 0 Å². The van der Waals surface area contributed by atoms with Crippen LogP contribution < -0.4 is 0 Å². The highest BCUT2D eigenvalue weighted by atomic mass is 16.3. The molecule has 11 aromatic rings. The zero-order valence-electron chi connectivity index (χ0n) is 30.1. The van der Waals surface area contributed by atoms with E-state index < -0.39 is 0 Å². The number of furan rings is 1. The molecule has 0 spiro atoms. The van der Waals surface area contributed by atoms with Crippen molar-refractivity contribution in [3.8, 4) is 22.3 Å². The van der Waals surface area contributed by atoms with E-state index in [4.69, 9.17) is 4.42 Å². The summed E-state index contributed by atoms with van der Waals surface area (Å²) in [4.78, 5) is 0. The van der Waals surface area contributed by atoms with E-state index in [1.165, 1.54) is 81.3 Å². The minimum atomic E-state index is 0.774. The van der Waals surface area contributed by atoms with Gasteiger partial charge in [-0.2, -0.15) is 0 Å². The summed E-state index contributed by atoms with van der Waals surface area (Å²) in [5, 5.41) is 16.3. The molecular weight excluding hydrogens is 665 g/mol. The van der Waals surface area contributed by atoms with Gasteiger partial charge in [0.25, 0.3) is 0 Å². The van der Waals surface area contributed by atoms with Crippen molar-refractivity contribution in [2.75, 3.05) is 0 Å². The molecule has 0 fully saturated rings. The molecule has 0 saturated carbocycles. The minimum Gasteiger partial charge on any atom is -0.456 e. The van der Waals surface area contributed by atoms with Gasteiger partial charge in [0.1, 0.15) is 11.3 Å². The Morgan fingerprint density at radius 2 is 0.964 bits per heavy atom. The van der Waals surface area contributed by atoms with Crippen molar-refractivity contribution in [2.45, 2.75) is 0 Å². The van der Waals surface area contributed by atoms with Crippen molar-refractivity contribution < 1.29 is 4.42 Å². The number of hydrogen-bond acceptors (Lipinski definition) is 1. The number of hydrogen-bond donors (Lipinski definition) is 0. The lowest BCUT2D eigenvalue weighted by molar-refractivity contribution is 0.603. The fourth-order valence-electron chi connectivity index (χ4n) is 8.65. The fourth-order valence-corrected chi connectivity index (χ4v) is 8.65. The first-order chi connectivity index (χ1) is 27.2. The third-order valence-corrected chi connectivity index (χ3v) is 11.4. The van der Waals surface area contributed by atoms with Gasteiger partial charge in [-0.05, 0) is 141 Å². The fraction of sp³-hybridized carbons (Fsp3) is 0. The van der Waals surface area contributed by atoms with Gasteiger partial charge in [0, 0.05) is 10.9 Å². The van der Waals surface area contributed by atoms with E-state index in [0.29, 0.717) is 0 Å². The van der Waals surface area contributed by atoms with E-state index in [2.05, 4.69) is 195 Å². The third-order valence-electron chi connectivity index (χ3n) is 11.4. The summed E-state index contributed by atoms with van der Waals surface area (Å²) < 4.78 is 6.25. The van der Waals surface area contributed by atoms with Crippen molar-refractivity contribution in [3.05, 3.63) is 199 Å². The first-order valence-electron chi connectivity index (χ1n) is 18.8. The second kappa shape index (κ2) is 12.4. The van der Waals surface area contributed by atoms with Gasteiger partial charge in [-0.1, -0.05) is 152 Å². The molecule has 0 N–H and O–H groups in total. The largest absolute Gasteiger partial charge is 0.456 e. The topological polar surface area (TPSA) is 13.1 Å². The predicted molar refractivity (Wildman–Crippen MR) is 238 cm³/mol. The van der Waals surface area contributed by atoms with Crippen LogP contribution >= 0.6 is 0 Å². The molecule has 10 aromatic carbocycles. The van der Waals surface area contributed by atoms with Crippen molar-refractivity contribution in [3.63, 3.8) is 0 Å². The molecule has 0 amide bonds. The molecule has 0 atom stereocenters. The predicted octanol–water partition coefficient (Wildman–Crippen LogP) is 15.5. The molecule has 0 unspecified atom stereocenters. The van der Waals surface area contributed by atoms with Crippen LogP contribution in [0.1, 0.15) is 16.9 Å². The Bertz CT molecular complexity index is 3390. The zero-order valence-corrected chi connectivity index (χ0v) is 30.1. The molecule has 1 aromatic heterocycles. The first-order valence-corrected chi connectivity index (χ1v) is 18.8. The molecule has 0 aliphatic carbocycles. The average Bonchev–Trinajstić information content (AvgIpc) is 3.61. The van der Waals surface area contributed by atoms with Crippen LogP contribution in [0, 0.1) is 0 Å². The highest BCUT2D eigenvalue weighted by molar-refractivity contribution is 6.29. The van der Waals surface area contributed by atoms with Crippen LogP contribution in [0.15, 0.2) is 187 Å². The Hall–Kier alpha value is -7.22. The second-order valence-corrected chi connectivity index (χ2v) is 14.5. The number of benzene rings is 10. The lowest BCUT2D eigenvalue weighted by Crippen LogP contribution is -1.88. The van der Waals surface area contributed by atoms with Gasteiger partial charge in [-0.15, -0.1) is 0 Å². The smallest absolute Gasteiger partial charge is 0.135 e. The van der Waals surface area contributed by atoms with E-state index in [1.807, 2.05) is 0 Å². The van der Waals surface area contributed by atoms with E-state index in [-0.39, 0.29) is 0 Å². The lowest BCUT2D eigenvalue weighted by atomic mass is 9.88. The maximum absolute atomic E-state index is 6.25. The van der Waals surface area contributed by atoms with Gasteiger partial charge in [-0.25, -0.2) is 0 Å². The van der Waals surface area contributed by atoms with Gasteiger partial charge in [-0.3, -0.25) is 0 Å². The van der Waals surface area contributed by atoms with Crippen LogP contribution in [0.25, 0.3) is 116 Å². The molecule has 0 aliphatic rings. The minimum absolute atomic E-state index is 0.774. The van der Waals surface area contributed by atoms with E-state index in [0.717, 1.165) is 33.4 Å². The summed E-state index contributed by atoms with van der Waals surface area (Å²) >= 11 is 0. The Labute approximate surface area is 318 Å².